The van der Waals surface area contributed by atoms with Crippen molar-refractivity contribution in [3.8, 4) is 0 Å². The lowest BCUT2D eigenvalue weighted by atomic mass is 9.99. The molecule has 2 atom stereocenters. The highest BCUT2D eigenvalue weighted by Crippen LogP contribution is 2.15. The van der Waals surface area contributed by atoms with Gasteiger partial charge in [0.05, 0.1) is 0 Å². The zero-order chi connectivity index (χ0) is 14.5. The zero-order valence-corrected chi connectivity index (χ0v) is 12.1. The Kier molecular flexibility index (Phi) is 4.92. The highest BCUT2D eigenvalue weighted by Gasteiger charge is 2.22. The van der Waals surface area contributed by atoms with E-state index in [9.17, 15) is 0 Å². The molecule has 1 aromatic rings. The molecule has 0 aliphatic carbocycles. The minimum atomic E-state index is 0.0414. The number of hydrogen-bond donors (Lipinski definition) is 3. The highest BCUT2D eigenvalue weighted by atomic mass is 16.4. The number of piperidine rings is 1. The quantitative estimate of drug-likeness (QED) is 0.327. The zero-order valence-electron chi connectivity index (χ0n) is 12.1. The molecule has 20 heavy (non-hydrogen) atoms. The summed E-state index contributed by atoms with van der Waals surface area (Å²) in [6.07, 6.45) is 4.01. The van der Waals surface area contributed by atoms with Crippen molar-refractivity contribution >= 4 is 5.84 Å². The molecule has 2 rings (SSSR count). The minimum absolute atomic E-state index is 0.0414. The molecule has 0 amide bonds. The van der Waals surface area contributed by atoms with Crippen LogP contribution in [0.25, 0.3) is 0 Å². The number of likely N-dealkylation sites (tertiary alicyclic amines) is 1. The number of nitrogens with one attached hydrogen (secondary N) is 1. The van der Waals surface area contributed by atoms with Crippen molar-refractivity contribution in [3.63, 3.8) is 0 Å². The van der Waals surface area contributed by atoms with Crippen molar-refractivity contribution in [1.29, 1.82) is 0 Å². The molecule has 2 unspecified atom stereocenters. The Balaban J connectivity index is 1.91. The summed E-state index contributed by atoms with van der Waals surface area (Å²) in [5, 5.41) is 15.2. The maximum Gasteiger partial charge on any atom is 0.188 e. The molecule has 0 bridgehead atoms. The molecule has 0 saturated carbocycles. The summed E-state index contributed by atoms with van der Waals surface area (Å²) in [6, 6.07) is 4.95. The van der Waals surface area contributed by atoms with Gasteiger partial charge in [-0.1, -0.05) is 5.16 Å². The standard InChI is InChI=1S/C14H23N5O/c1-10-7-12(4-6-19(10)2)17-9-11-3-5-16-13(8-11)14(15)18-20/h3,5,8,10,12,17,20H,4,6-7,9H2,1-2H3,(H2,15,18). The largest absolute Gasteiger partial charge is 0.409 e. The van der Waals surface area contributed by atoms with E-state index in [2.05, 4.69) is 34.3 Å². The average molecular weight is 277 g/mol. The first kappa shape index (κ1) is 14.7. The topological polar surface area (TPSA) is 86.8 Å². The van der Waals surface area contributed by atoms with Crippen LogP contribution in [-0.4, -0.2) is 46.6 Å². The molecule has 6 heteroatoms. The number of pyridine rings is 1. The summed E-state index contributed by atoms with van der Waals surface area (Å²) in [5.74, 6) is 0.0414. The van der Waals surface area contributed by atoms with Crippen molar-refractivity contribution in [1.82, 2.24) is 15.2 Å². The van der Waals surface area contributed by atoms with Gasteiger partial charge in [-0.25, -0.2) is 0 Å². The number of nitrogens with zero attached hydrogens (tertiary/aromatic N) is 3. The second-order valence-corrected chi connectivity index (χ2v) is 5.47. The summed E-state index contributed by atoms with van der Waals surface area (Å²) >= 11 is 0. The first-order valence-corrected chi connectivity index (χ1v) is 6.96. The van der Waals surface area contributed by atoms with Crippen LogP contribution in [-0.2, 0) is 6.54 Å². The molecule has 0 aromatic carbocycles. The fraction of sp³-hybridized carbons (Fsp3) is 0.571. The third kappa shape index (κ3) is 3.68. The Hall–Kier alpha value is -1.66. The van der Waals surface area contributed by atoms with Gasteiger partial charge in [0.25, 0.3) is 0 Å². The Morgan fingerprint density at radius 2 is 2.45 bits per heavy atom. The van der Waals surface area contributed by atoms with Crippen LogP contribution in [0.2, 0.25) is 0 Å². The monoisotopic (exact) mass is 277 g/mol. The van der Waals surface area contributed by atoms with Gasteiger partial charge in [-0.2, -0.15) is 0 Å². The molecule has 110 valence electrons. The molecule has 1 aliphatic rings. The van der Waals surface area contributed by atoms with Gasteiger partial charge in [-0.3, -0.25) is 4.98 Å². The molecule has 1 aromatic heterocycles. The second-order valence-electron chi connectivity index (χ2n) is 5.47. The van der Waals surface area contributed by atoms with Gasteiger partial charge in [0.15, 0.2) is 5.84 Å². The normalized spacial score (nSPS) is 24.8. The maximum absolute atomic E-state index is 8.67. The summed E-state index contributed by atoms with van der Waals surface area (Å²) in [7, 11) is 2.17. The average Bonchev–Trinajstić information content (AvgIpc) is 2.48. The summed E-state index contributed by atoms with van der Waals surface area (Å²) < 4.78 is 0. The van der Waals surface area contributed by atoms with Crippen molar-refractivity contribution in [2.45, 2.75) is 38.4 Å². The molecule has 1 aliphatic heterocycles. The number of amidine groups is 1. The van der Waals surface area contributed by atoms with Gasteiger partial charge >= 0.3 is 0 Å². The van der Waals surface area contributed by atoms with Crippen LogP contribution in [0.3, 0.4) is 0 Å². The van der Waals surface area contributed by atoms with E-state index in [0.29, 0.717) is 17.8 Å². The molecule has 1 saturated heterocycles. The number of rotatable bonds is 4. The van der Waals surface area contributed by atoms with Gasteiger partial charge in [0, 0.05) is 24.8 Å². The third-order valence-electron chi connectivity index (χ3n) is 4.00. The van der Waals surface area contributed by atoms with Gasteiger partial charge < -0.3 is 21.2 Å². The highest BCUT2D eigenvalue weighted by molar-refractivity contribution is 5.95. The molecule has 6 nitrogen and oxygen atoms in total. The Bertz CT molecular complexity index is 476. The minimum Gasteiger partial charge on any atom is -0.409 e. The van der Waals surface area contributed by atoms with Crippen LogP contribution in [0, 0.1) is 0 Å². The van der Waals surface area contributed by atoms with E-state index < -0.39 is 0 Å². The Morgan fingerprint density at radius 3 is 3.15 bits per heavy atom. The first-order valence-electron chi connectivity index (χ1n) is 6.96. The number of hydrogen-bond acceptors (Lipinski definition) is 5. The van der Waals surface area contributed by atoms with E-state index in [1.165, 1.54) is 6.42 Å². The van der Waals surface area contributed by atoms with Crippen molar-refractivity contribution < 1.29 is 5.21 Å². The van der Waals surface area contributed by atoms with Crippen molar-refractivity contribution in [2.75, 3.05) is 13.6 Å². The van der Waals surface area contributed by atoms with Gasteiger partial charge in [-0.15, -0.1) is 0 Å². The maximum atomic E-state index is 8.67. The van der Waals surface area contributed by atoms with Gasteiger partial charge in [-0.05, 0) is 51.1 Å². The Labute approximate surface area is 119 Å². The summed E-state index contributed by atoms with van der Waals surface area (Å²) in [4.78, 5) is 6.47. The molecule has 0 spiro atoms. The third-order valence-corrected chi connectivity index (χ3v) is 4.00. The van der Waals surface area contributed by atoms with Gasteiger partial charge in [0.2, 0.25) is 0 Å². The van der Waals surface area contributed by atoms with E-state index in [1.54, 1.807) is 6.20 Å². The van der Waals surface area contributed by atoms with Crippen LogP contribution in [0.5, 0.6) is 0 Å². The summed E-state index contributed by atoms with van der Waals surface area (Å²) in [5.41, 5.74) is 7.14. The molecule has 1 fully saturated rings. The molecular formula is C14H23N5O. The smallest absolute Gasteiger partial charge is 0.188 e. The van der Waals surface area contributed by atoms with E-state index in [4.69, 9.17) is 10.9 Å². The first-order chi connectivity index (χ1) is 9.60. The molecule has 2 heterocycles. The molecular weight excluding hydrogens is 254 g/mol. The number of nitrogens with two attached hydrogens (primary N) is 1. The van der Waals surface area contributed by atoms with Crippen LogP contribution in [0.15, 0.2) is 23.5 Å². The van der Waals surface area contributed by atoms with E-state index in [0.717, 1.165) is 25.1 Å². The van der Waals surface area contributed by atoms with E-state index in [-0.39, 0.29) is 5.84 Å². The predicted octanol–water partition coefficient (Wildman–Crippen LogP) is 0.748. The van der Waals surface area contributed by atoms with E-state index >= 15 is 0 Å². The van der Waals surface area contributed by atoms with Gasteiger partial charge in [0.1, 0.15) is 5.69 Å². The summed E-state index contributed by atoms with van der Waals surface area (Å²) in [6.45, 7) is 4.16. The fourth-order valence-corrected chi connectivity index (χ4v) is 2.51. The van der Waals surface area contributed by atoms with Crippen LogP contribution >= 0.6 is 0 Å². The lowest BCUT2D eigenvalue weighted by molar-refractivity contribution is 0.168. The lowest BCUT2D eigenvalue weighted by Crippen LogP contribution is -2.45. The van der Waals surface area contributed by atoms with Crippen molar-refractivity contribution in [3.05, 3.63) is 29.6 Å². The fourth-order valence-electron chi connectivity index (χ4n) is 2.51. The Morgan fingerprint density at radius 1 is 1.65 bits per heavy atom. The number of aromatic nitrogens is 1. The van der Waals surface area contributed by atoms with Crippen LogP contribution in [0.1, 0.15) is 31.0 Å². The van der Waals surface area contributed by atoms with Crippen molar-refractivity contribution in [2.24, 2.45) is 10.9 Å². The second kappa shape index (κ2) is 6.67. The molecule has 4 N–H and O–H groups in total. The predicted molar refractivity (Wildman–Crippen MR) is 78.7 cm³/mol. The number of oxime groups is 1. The van der Waals surface area contributed by atoms with Crippen LogP contribution < -0.4 is 11.1 Å². The SMILES string of the molecule is CC1CC(NCc2ccnc(/C(N)=N/O)c2)CCN1C. The lowest BCUT2D eigenvalue weighted by Gasteiger charge is -2.35. The van der Waals surface area contributed by atoms with E-state index in [1.807, 2.05) is 12.1 Å². The van der Waals surface area contributed by atoms with Crippen LogP contribution in [0.4, 0.5) is 0 Å². The molecule has 0 radical (unpaired) electrons.